The predicted octanol–water partition coefficient (Wildman–Crippen LogP) is 2.51. The van der Waals surface area contributed by atoms with Crippen LogP contribution in [0.4, 0.5) is 5.82 Å². The van der Waals surface area contributed by atoms with E-state index in [1.165, 1.54) is 5.56 Å². The van der Waals surface area contributed by atoms with E-state index in [4.69, 9.17) is 4.74 Å². The highest BCUT2D eigenvalue weighted by Crippen LogP contribution is 2.19. The van der Waals surface area contributed by atoms with Crippen LogP contribution < -0.4 is 5.32 Å². The van der Waals surface area contributed by atoms with E-state index in [1.807, 2.05) is 12.3 Å². The van der Waals surface area contributed by atoms with Crippen LogP contribution in [0.2, 0.25) is 0 Å². The Labute approximate surface area is 116 Å². The molecule has 0 amide bonds. The van der Waals surface area contributed by atoms with Gasteiger partial charge in [0.25, 0.3) is 0 Å². The van der Waals surface area contributed by atoms with E-state index in [0.29, 0.717) is 6.04 Å². The second-order valence-corrected chi connectivity index (χ2v) is 5.20. The van der Waals surface area contributed by atoms with Gasteiger partial charge in [0.2, 0.25) is 0 Å². The number of anilines is 1. The molecule has 1 saturated heterocycles. The lowest BCUT2D eigenvalue weighted by molar-refractivity contribution is 0.0407. The third-order valence-corrected chi connectivity index (χ3v) is 3.67. The lowest BCUT2D eigenvalue weighted by atomic mass is 10.1. The van der Waals surface area contributed by atoms with Gasteiger partial charge in [-0.05, 0) is 32.4 Å². The van der Waals surface area contributed by atoms with Gasteiger partial charge < -0.3 is 10.1 Å². The molecule has 4 nitrogen and oxygen atoms in total. The van der Waals surface area contributed by atoms with Crippen molar-refractivity contribution in [3.05, 3.63) is 23.9 Å². The number of rotatable bonds is 6. The van der Waals surface area contributed by atoms with E-state index in [2.05, 4.69) is 35.2 Å². The molecule has 1 aliphatic heterocycles. The maximum Gasteiger partial charge on any atom is 0.130 e. The first kappa shape index (κ1) is 14.3. The first-order valence-corrected chi connectivity index (χ1v) is 7.27. The van der Waals surface area contributed by atoms with Gasteiger partial charge in [-0.3, -0.25) is 4.90 Å². The minimum atomic E-state index is 0.632. The Morgan fingerprint density at radius 2 is 2.21 bits per heavy atom. The zero-order chi connectivity index (χ0) is 13.5. The number of nitrogens with zero attached hydrogens (tertiary/aromatic N) is 2. The first-order chi connectivity index (χ1) is 9.31. The second kappa shape index (κ2) is 7.46. The highest BCUT2D eigenvalue weighted by molar-refractivity contribution is 5.43. The summed E-state index contributed by atoms with van der Waals surface area (Å²) in [5.74, 6) is 1.03. The molecule has 2 rings (SSSR count). The van der Waals surface area contributed by atoms with Gasteiger partial charge in [-0.15, -0.1) is 0 Å². The van der Waals surface area contributed by atoms with Crippen molar-refractivity contribution in [3.8, 4) is 0 Å². The molecule has 19 heavy (non-hydrogen) atoms. The third-order valence-electron chi connectivity index (χ3n) is 3.67. The molecule has 2 heterocycles. The number of aromatic nitrogens is 1. The maximum atomic E-state index is 5.43. The van der Waals surface area contributed by atoms with Crippen LogP contribution in [-0.4, -0.2) is 42.7 Å². The summed E-state index contributed by atoms with van der Waals surface area (Å²) in [5.41, 5.74) is 1.28. The second-order valence-electron chi connectivity index (χ2n) is 5.20. The van der Waals surface area contributed by atoms with Gasteiger partial charge in [0.1, 0.15) is 5.82 Å². The van der Waals surface area contributed by atoms with Gasteiger partial charge in [-0.2, -0.15) is 0 Å². The largest absolute Gasteiger partial charge is 0.381 e. The third kappa shape index (κ3) is 4.18. The van der Waals surface area contributed by atoms with Crippen molar-refractivity contribution in [2.45, 2.75) is 38.8 Å². The Hall–Kier alpha value is -1.13. The highest BCUT2D eigenvalue weighted by Gasteiger charge is 2.19. The molecule has 0 aliphatic carbocycles. The lowest BCUT2D eigenvalue weighted by Crippen LogP contribution is -2.36. The van der Waals surface area contributed by atoms with Crippen LogP contribution in [0.15, 0.2) is 18.3 Å². The molecular weight excluding hydrogens is 238 g/mol. The van der Waals surface area contributed by atoms with Crippen LogP contribution in [0.25, 0.3) is 0 Å². The predicted molar refractivity (Wildman–Crippen MR) is 78.3 cm³/mol. The molecule has 1 aromatic heterocycles. The Morgan fingerprint density at radius 3 is 2.95 bits per heavy atom. The van der Waals surface area contributed by atoms with Crippen molar-refractivity contribution in [2.75, 3.05) is 32.1 Å². The molecule has 0 aromatic carbocycles. The van der Waals surface area contributed by atoms with Crippen molar-refractivity contribution >= 4 is 5.82 Å². The van der Waals surface area contributed by atoms with Gasteiger partial charge in [0.05, 0.1) is 0 Å². The molecule has 1 aromatic rings. The Balaban J connectivity index is 1.96. The van der Waals surface area contributed by atoms with Gasteiger partial charge in [0, 0.05) is 44.1 Å². The number of hydrogen-bond acceptors (Lipinski definition) is 4. The highest BCUT2D eigenvalue weighted by atomic mass is 16.5. The van der Waals surface area contributed by atoms with E-state index in [9.17, 15) is 0 Å². The smallest absolute Gasteiger partial charge is 0.130 e. The summed E-state index contributed by atoms with van der Waals surface area (Å²) in [6.07, 6.45) is 5.24. The monoisotopic (exact) mass is 263 g/mol. The topological polar surface area (TPSA) is 37.4 Å². The van der Waals surface area contributed by atoms with Gasteiger partial charge in [-0.1, -0.05) is 13.0 Å². The molecule has 1 N–H and O–H groups in total. The zero-order valence-corrected chi connectivity index (χ0v) is 12.1. The van der Waals surface area contributed by atoms with Crippen molar-refractivity contribution in [1.29, 1.82) is 0 Å². The molecule has 0 unspecified atom stereocenters. The molecule has 0 spiro atoms. The van der Waals surface area contributed by atoms with Gasteiger partial charge in [-0.25, -0.2) is 4.98 Å². The molecule has 0 bridgehead atoms. The van der Waals surface area contributed by atoms with Gasteiger partial charge in [0.15, 0.2) is 0 Å². The van der Waals surface area contributed by atoms with E-state index >= 15 is 0 Å². The van der Waals surface area contributed by atoms with E-state index < -0.39 is 0 Å². The summed E-state index contributed by atoms with van der Waals surface area (Å²) in [7, 11) is 2.20. The summed E-state index contributed by atoms with van der Waals surface area (Å²) >= 11 is 0. The summed E-state index contributed by atoms with van der Waals surface area (Å²) < 4.78 is 5.43. The lowest BCUT2D eigenvalue weighted by Gasteiger charge is -2.31. The van der Waals surface area contributed by atoms with E-state index in [1.54, 1.807) is 0 Å². The normalized spacial score (nSPS) is 16.8. The van der Waals surface area contributed by atoms with Crippen LogP contribution in [0.1, 0.15) is 31.7 Å². The Morgan fingerprint density at radius 1 is 1.42 bits per heavy atom. The molecule has 1 fully saturated rings. The maximum absolute atomic E-state index is 5.43. The van der Waals surface area contributed by atoms with E-state index in [0.717, 1.165) is 51.4 Å². The summed E-state index contributed by atoms with van der Waals surface area (Å²) in [5, 5.41) is 3.41. The van der Waals surface area contributed by atoms with Crippen LogP contribution in [0, 0.1) is 0 Å². The minimum absolute atomic E-state index is 0.632. The van der Waals surface area contributed by atoms with Crippen LogP contribution in [0.3, 0.4) is 0 Å². The van der Waals surface area contributed by atoms with Crippen LogP contribution in [-0.2, 0) is 11.3 Å². The van der Waals surface area contributed by atoms with Crippen molar-refractivity contribution in [2.24, 2.45) is 0 Å². The summed E-state index contributed by atoms with van der Waals surface area (Å²) in [4.78, 5) is 6.88. The molecule has 0 radical (unpaired) electrons. The molecule has 106 valence electrons. The number of nitrogens with one attached hydrogen (secondary N) is 1. The fourth-order valence-corrected chi connectivity index (χ4v) is 2.49. The fraction of sp³-hybridized carbons (Fsp3) is 0.667. The SMILES string of the molecule is CCCNc1ncccc1CN(C)C1CCOCC1. The summed E-state index contributed by atoms with van der Waals surface area (Å²) in [6.45, 7) is 5.88. The van der Waals surface area contributed by atoms with E-state index in [-0.39, 0.29) is 0 Å². The molecular formula is C15H25N3O. The van der Waals surface area contributed by atoms with Crippen LogP contribution >= 0.6 is 0 Å². The number of hydrogen-bond donors (Lipinski definition) is 1. The molecule has 4 heteroatoms. The van der Waals surface area contributed by atoms with Gasteiger partial charge >= 0.3 is 0 Å². The summed E-state index contributed by atoms with van der Waals surface area (Å²) in [6, 6.07) is 4.82. The number of ether oxygens (including phenoxy) is 1. The first-order valence-electron chi connectivity index (χ1n) is 7.27. The quantitative estimate of drug-likeness (QED) is 0.856. The standard InChI is InChI=1S/C15H25N3O/c1-3-8-16-15-13(5-4-9-17-15)12-18(2)14-6-10-19-11-7-14/h4-5,9,14H,3,6-8,10-12H2,1-2H3,(H,16,17). The average molecular weight is 263 g/mol. The minimum Gasteiger partial charge on any atom is -0.381 e. The van der Waals surface area contributed by atoms with Crippen LogP contribution in [0.5, 0.6) is 0 Å². The Bertz CT molecular complexity index is 377. The molecule has 1 aliphatic rings. The molecule has 0 atom stereocenters. The fourth-order valence-electron chi connectivity index (χ4n) is 2.49. The number of pyridine rings is 1. The van der Waals surface area contributed by atoms with Crippen molar-refractivity contribution in [1.82, 2.24) is 9.88 Å². The zero-order valence-electron chi connectivity index (χ0n) is 12.1. The molecule has 0 saturated carbocycles. The van der Waals surface area contributed by atoms with Crippen molar-refractivity contribution < 1.29 is 4.74 Å². The van der Waals surface area contributed by atoms with Crippen molar-refractivity contribution in [3.63, 3.8) is 0 Å². The Kier molecular flexibility index (Phi) is 5.61. The average Bonchev–Trinajstić information content (AvgIpc) is 2.47.